The third-order valence-corrected chi connectivity index (χ3v) is 4.25. The van der Waals surface area contributed by atoms with Crippen molar-refractivity contribution in [3.8, 4) is 5.75 Å². The van der Waals surface area contributed by atoms with Crippen LogP contribution in [0.3, 0.4) is 0 Å². The highest BCUT2D eigenvalue weighted by Crippen LogP contribution is 2.24. The van der Waals surface area contributed by atoms with E-state index in [-0.39, 0.29) is 11.4 Å². The molecule has 7 nitrogen and oxygen atoms in total. The van der Waals surface area contributed by atoms with E-state index < -0.39 is 18.4 Å². The molecular formula is C18H14F2N4O3S. The second kappa shape index (κ2) is 8.44. The number of carbonyl (C=O) groups excluding carboxylic acids is 2. The summed E-state index contributed by atoms with van der Waals surface area (Å²) in [6, 6.07) is 12.0. The van der Waals surface area contributed by atoms with Crippen LogP contribution in [0.2, 0.25) is 0 Å². The zero-order chi connectivity index (χ0) is 20.1. The fourth-order valence-corrected chi connectivity index (χ4v) is 2.90. The quantitative estimate of drug-likeness (QED) is 0.555. The number of carbonyl (C=O) groups is 2. The van der Waals surface area contributed by atoms with Crippen molar-refractivity contribution in [3.05, 3.63) is 65.2 Å². The van der Waals surface area contributed by atoms with Crippen LogP contribution < -0.4 is 21.1 Å². The van der Waals surface area contributed by atoms with E-state index in [1.807, 2.05) is 0 Å². The first-order chi connectivity index (χ1) is 13.4. The van der Waals surface area contributed by atoms with Crippen LogP contribution in [0.25, 0.3) is 0 Å². The predicted octanol–water partition coefficient (Wildman–Crippen LogP) is 3.84. The Morgan fingerprint density at radius 1 is 1.04 bits per heavy atom. The van der Waals surface area contributed by atoms with E-state index in [0.717, 1.165) is 0 Å². The van der Waals surface area contributed by atoms with E-state index in [2.05, 4.69) is 20.4 Å². The lowest BCUT2D eigenvalue weighted by atomic mass is 10.2. The van der Waals surface area contributed by atoms with E-state index in [1.165, 1.54) is 35.6 Å². The number of alkyl halides is 2. The predicted molar refractivity (Wildman–Crippen MR) is 101 cm³/mol. The Kier molecular flexibility index (Phi) is 5.80. The number of nitrogens with one attached hydrogen (secondary N) is 2. The number of primary amides is 1. The number of rotatable bonds is 7. The molecule has 3 rings (SSSR count). The van der Waals surface area contributed by atoms with Gasteiger partial charge in [-0.05, 0) is 48.5 Å². The number of nitrogens with two attached hydrogens (primary N) is 1. The average molecular weight is 404 g/mol. The van der Waals surface area contributed by atoms with Gasteiger partial charge in [0.25, 0.3) is 5.91 Å². The SMILES string of the molecule is NC(=O)c1ccc(NC(=O)c2csc(Nc3ccc(OC(F)F)cc3)n2)cc1. The summed E-state index contributed by atoms with van der Waals surface area (Å²) in [5, 5.41) is 7.67. The topological polar surface area (TPSA) is 106 Å². The van der Waals surface area contributed by atoms with Crippen LogP contribution in [-0.4, -0.2) is 23.4 Å². The van der Waals surface area contributed by atoms with Gasteiger partial charge >= 0.3 is 6.61 Å². The van der Waals surface area contributed by atoms with Crippen molar-refractivity contribution < 1.29 is 23.1 Å². The zero-order valence-electron chi connectivity index (χ0n) is 14.2. The molecule has 2 amide bonds. The van der Waals surface area contributed by atoms with Gasteiger partial charge in [-0.25, -0.2) is 4.98 Å². The minimum absolute atomic E-state index is 0.0436. The molecule has 0 bridgehead atoms. The Labute approximate surface area is 162 Å². The number of nitrogens with zero attached hydrogens (tertiary/aromatic N) is 1. The highest BCUT2D eigenvalue weighted by Gasteiger charge is 2.12. The molecule has 0 aliphatic carbocycles. The molecule has 144 valence electrons. The van der Waals surface area contributed by atoms with Gasteiger partial charge in [0, 0.05) is 22.3 Å². The molecule has 3 aromatic rings. The Morgan fingerprint density at radius 3 is 2.29 bits per heavy atom. The number of aromatic nitrogens is 1. The fraction of sp³-hybridized carbons (Fsp3) is 0.0556. The van der Waals surface area contributed by atoms with Crippen LogP contribution in [0.15, 0.2) is 53.9 Å². The maximum absolute atomic E-state index is 12.3. The first-order valence-corrected chi connectivity index (χ1v) is 8.77. The molecule has 0 radical (unpaired) electrons. The van der Waals surface area contributed by atoms with Crippen molar-refractivity contribution >= 4 is 39.7 Å². The molecule has 0 saturated heterocycles. The third kappa shape index (κ3) is 5.01. The highest BCUT2D eigenvalue weighted by atomic mass is 32.1. The highest BCUT2D eigenvalue weighted by molar-refractivity contribution is 7.14. The number of hydrogen-bond acceptors (Lipinski definition) is 6. The Balaban J connectivity index is 1.61. The molecule has 0 unspecified atom stereocenters. The Hall–Kier alpha value is -3.53. The van der Waals surface area contributed by atoms with Gasteiger partial charge in [0.1, 0.15) is 11.4 Å². The molecule has 2 aromatic carbocycles. The largest absolute Gasteiger partial charge is 0.435 e. The van der Waals surface area contributed by atoms with Gasteiger partial charge in [0.15, 0.2) is 5.13 Å². The van der Waals surface area contributed by atoms with Crippen molar-refractivity contribution in [1.82, 2.24) is 4.98 Å². The molecule has 4 N–H and O–H groups in total. The van der Waals surface area contributed by atoms with Gasteiger partial charge in [-0.3, -0.25) is 9.59 Å². The van der Waals surface area contributed by atoms with Gasteiger partial charge in [0.05, 0.1) is 0 Å². The maximum Gasteiger partial charge on any atom is 0.387 e. The van der Waals surface area contributed by atoms with Crippen molar-refractivity contribution in [1.29, 1.82) is 0 Å². The lowest BCUT2D eigenvalue weighted by molar-refractivity contribution is -0.0498. The summed E-state index contributed by atoms with van der Waals surface area (Å²) in [6.45, 7) is -2.88. The first-order valence-electron chi connectivity index (χ1n) is 7.89. The molecular weight excluding hydrogens is 390 g/mol. The van der Waals surface area contributed by atoms with Gasteiger partial charge in [-0.15, -0.1) is 11.3 Å². The number of anilines is 3. The first kappa shape index (κ1) is 19.2. The molecule has 1 heterocycles. The summed E-state index contributed by atoms with van der Waals surface area (Å²) < 4.78 is 28.6. The smallest absolute Gasteiger partial charge is 0.387 e. The second-order valence-electron chi connectivity index (χ2n) is 5.46. The van der Waals surface area contributed by atoms with Crippen molar-refractivity contribution in [2.24, 2.45) is 5.73 Å². The van der Waals surface area contributed by atoms with Crippen LogP contribution in [-0.2, 0) is 0 Å². The van der Waals surface area contributed by atoms with E-state index in [0.29, 0.717) is 22.1 Å². The number of hydrogen-bond donors (Lipinski definition) is 3. The van der Waals surface area contributed by atoms with Gasteiger partial charge in [-0.2, -0.15) is 8.78 Å². The summed E-state index contributed by atoms with van der Waals surface area (Å²) in [4.78, 5) is 27.5. The lowest BCUT2D eigenvalue weighted by Crippen LogP contribution is -2.13. The molecule has 0 saturated carbocycles. The summed E-state index contributed by atoms with van der Waals surface area (Å²) in [7, 11) is 0. The molecule has 0 aliphatic heterocycles. The van der Waals surface area contributed by atoms with Crippen LogP contribution in [0, 0.1) is 0 Å². The molecule has 1 aromatic heterocycles. The van der Waals surface area contributed by atoms with Crippen LogP contribution in [0.5, 0.6) is 5.75 Å². The van der Waals surface area contributed by atoms with Crippen molar-refractivity contribution in [3.63, 3.8) is 0 Å². The lowest BCUT2D eigenvalue weighted by Gasteiger charge is -2.06. The minimum atomic E-state index is -2.88. The molecule has 28 heavy (non-hydrogen) atoms. The fourth-order valence-electron chi connectivity index (χ4n) is 2.19. The van der Waals surface area contributed by atoms with Crippen LogP contribution in [0.1, 0.15) is 20.8 Å². The Bertz CT molecular complexity index is 975. The summed E-state index contributed by atoms with van der Waals surface area (Å²) >= 11 is 1.21. The molecule has 0 aliphatic rings. The van der Waals surface area contributed by atoms with Crippen molar-refractivity contribution in [2.45, 2.75) is 6.61 Å². The van der Waals surface area contributed by atoms with Gasteiger partial charge < -0.3 is 21.1 Å². The minimum Gasteiger partial charge on any atom is -0.435 e. The second-order valence-corrected chi connectivity index (χ2v) is 6.32. The zero-order valence-corrected chi connectivity index (χ0v) is 15.0. The molecule has 0 fully saturated rings. The number of benzene rings is 2. The summed E-state index contributed by atoms with van der Waals surface area (Å²) in [5.74, 6) is -0.930. The average Bonchev–Trinajstić information content (AvgIpc) is 3.12. The van der Waals surface area contributed by atoms with Gasteiger partial charge in [-0.1, -0.05) is 0 Å². The van der Waals surface area contributed by atoms with Crippen molar-refractivity contribution in [2.75, 3.05) is 10.6 Å². The number of halogens is 2. The maximum atomic E-state index is 12.3. The summed E-state index contributed by atoms with van der Waals surface area (Å²) in [6.07, 6.45) is 0. The molecule has 0 spiro atoms. The third-order valence-electron chi connectivity index (χ3n) is 3.49. The number of amides is 2. The number of thiazole rings is 1. The van der Waals surface area contributed by atoms with E-state index in [4.69, 9.17) is 5.73 Å². The van der Waals surface area contributed by atoms with Crippen LogP contribution in [0.4, 0.5) is 25.3 Å². The van der Waals surface area contributed by atoms with E-state index in [9.17, 15) is 18.4 Å². The molecule has 10 heteroatoms. The van der Waals surface area contributed by atoms with Gasteiger partial charge in [0.2, 0.25) is 5.91 Å². The normalized spacial score (nSPS) is 10.5. The van der Waals surface area contributed by atoms with E-state index >= 15 is 0 Å². The monoisotopic (exact) mass is 404 g/mol. The standard InChI is InChI=1S/C18H14F2N4O3S/c19-17(20)27-13-7-5-12(6-8-13)23-18-24-14(9-28-18)16(26)22-11-3-1-10(2-4-11)15(21)25/h1-9,17H,(H2,21,25)(H,22,26)(H,23,24). The number of ether oxygens (including phenoxy) is 1. The van der Waals surface area contributed by atoms with E-state index in [1.54, 1.807) is 29.6 Å². The van der Waals surface area contributed by atoms with Crippen LogP contribution >= 0.6 is 11.3 Å². The molecule has 0 atom stereocenters. The summed E-state index contributed by atoms with van der Waals surface area (Å²) in [5.41, 5.74) is 6.80. The Morgan fingerprint density at radius 2 is 1.68 bits per heavy atom.